The molecule has 2 aromatic heterocycles. The van der Waals surface area contributed by atoms with Gasteiger partial charge in [0.05, 0.1) is 22.6 Å². The van der Waals surface area contributed by atoms with E-state index >= 15 is 0 Å². The maximum atomic E-state index is 13.3. The maximum absolute atomic E-state index is 13.3. The van der Waals surface area contributed by atoms with Crippen molar-refractivity contribution in [3.05, 3.63) is 59.9 Å². The van der Waals surface area contributed by atoms with Gasteiger partial charge in [-0.15, -0.1) is 0 Å². The third kappa shape index (κ3) is 3.76. The Hall–Kier alpha value is -2.66. The molecule has 31 heavy (non-hydrogen) atoms. The minimum Gasteiger partial charge on any atom is -0.389 e. The summed E-state index contributed by atoms with van der Waals surface area (Å²) in [5, 5.41) is 11.2. The van der Waals surface area contributed by atoms with Crippen LogP contribution >= 0.6 is 0 Å². The number of aryl methyl sites for hydroxylation is 1. The van der Waals surface area contributed by atoms with Crippen LogP contribution in [0, 0.1) is 12.8 Å². The van der Waals surface area contributed by atoms with Gasteiger partial charge in [-0.3, -0.25) is 9.20 Å². The summed E-state index contributed by atoms with van der Waals surface area (Å²) in [4.78, 5) is 19.9. The van der Waals surface area contributed by atoms with Crippen LogP contribution in [0.5, 0.6) is 0 Å². The average molecular weight is 418 g/mol. The molecule has 2 fully saturated rings. The second-order valence-corrected chi connectivity index (χ2v) is 9.29. The van der Waals surface area contributed by atoms with Crippen molar-refractivity contribution in [2.45, 2.75) is 57.5 Å². The number of amides is 1. The summed E-state index contributed by atoms with van der Waals surface area (Å²) in [7, 11) is 0. The lowest BCUT2D eigenvalue weighted by Crippen LogP contribution is -2.50. The summed E-state index contributed by atoms with van der Waals surface area (Å²) in [6, 6.07) is 14.0. The summed E-state index contributed by atoms with van der Waals surface area (Å²) < 4.78 is 2.03. The zero-order chi connectivity index (χ0) is 21.4. The third-order valence-corrected chi connectivity index (χ3v) is 7.37. The van der Waals surface area contributed by atoms with Crippen molar-refractivity contribution < 1.29 is 9.90 Å². The first kappa shape index (κ1) is 20.3. The van der Waals surface area contributed by atoms with Gasteiger partial charge in [0.1, 0.15) is 5.65 Å². The number of fused-ring (bicyclic) bond motifs is 1. The number of aromatic nitrogens is 2. The van der Waals surface area contributed by atoms with Crippen molar-refractivity contribution in [3.63, 3.8) is 0 Å². The maximum Gasteiger partial charge on any atom is 0.255 e. The summed E-state index contributed by atoms with van der Waals surface area (Å²) in [6.07, 6.45) is 9.29. The molecule has 0 spiro atoms. The quantitative estimate of drug-likeness (QED) is 0.662. The van der Waals surface area contributed by atoms with Crippen LogP contribution in [0.3, 0.4) is 0 Å². The van der Waals surface area contributed by atoms with E-state index in [9.17, 15) is 9.90 Å². The molecular formula is C26H31N3O2. The normalized spacial score (nSPS) is 19.6. The molecule has 0 unspecified atom stereocenters. The zero-order valence-electron chi connectivity index (χ0n) is 18.3. The van der Waals surface area contributed by atoms with Crippen molar-refractivity contribution >= 4 is 11.6 Å². The molecule has 5 nitrogen and oxygen atoms in total. The van der Waals surface area contributed by atoms with Crippen LogP contribution in [0.1, 0.15) is 61.0 Å². The molecule has 1 aromatic carbocycles. The SMILES string of the molecule is Cc1nc2ccc(C(=O)N3CCC(O)(C4CCCCC4)CC3)cn2c1-c1ccccc1. The number of imidazole rings is 1. The first-order chi connectivity index (χ1) is 15.0. The molecule has 3 aromatic rings. The van der Waals surface area contributed by atoms with Crippen LogP contribution in [0.15, 0.2) is 48.7 Å². The minimum absolute atomic E-state index is 0.0398. The van der Waals surface area contributed by atoms with Gasteiger partial charge in [0.2, 0.25) is 0 Å². The highest BCUT2D eigenvalue weighted by Crippen LogP contribution is 2.39. The highest BCUT2D eigenvalue weighted by Gasteiger charge is 2.40. The van der Waals surface area contributed by atoms with Crippen molar-refractivity contribution in [2.24, 2.45) is 5.92 Å². The van der Waals surface area contributed by atoms with E-state index in [1.54, 1.807) is 0 Å². The van der Waals surface area contributed by atoms with Gasteiger partial charge in [-0.1, -0.05) is 49.6 Å². The molecule has 1 saturated carbocycles. The summed E-state index contributed by atoms with van der Waals surface area (Å²) >= 11 is 0. The standard InChI is InChI=1S/C26H31N3O2/c1-19-24(20-8-4-2-5-9-20)29-18-21(12-13-23(29)27-19)25(30)28-16-14-26(31,15-17-28)22-10-6-3-7-11-22/h2,4-5,8-9,12-13,18,22,31H,3,6-7,10-11,14-17H2,1H3. The molecule has 5 heteroatoms. The summed E-state index contributed by atoms with van der Waals surface area (Å²) in [5.41, 5.74) is 3.99. The monoisotopic (exact) mass is 417 g/mol. The predicted octanol–water partition coefficient (Wildman–Crippen LogP) is 4.86. The van der Waals surface area contributed by atoms with Crippen molar-refractivity contribution in [1.82, 2.24) is 14.3 Å². The van der Waals surface area contributed by atoms with E-state index in [-0.39, 0.29) is 5.91 Å². The van der Waals surface area contributed by atoms with Gasteiger partial charge in [0.15, 0.2) is 0 Å². The number of pyridine rings is 1. The molecule has 3 heterocycles. The molecule has 5 rings (SSSR count). The van der Waals surface area contributed by atoms with E-state index in [1.807, 2.05) is 52.8 Å². The Labute approximate surface area is 183 Å². The topological polar surface area (TPSA) is 57.8 Å². The fourth-order valence-electron chi connectivity index (χ4n) is 5.56. The van der Waals surface area contributed by atoms with E-state index < -0.39 is 5.60 Å². The van der Waals surface area contributed by atoms with Crippen molar-refractivity contribution in [3.8, 4) is 11.3 Å². The Morgan fingerprint density at radius 3 is 2.45 bits per heavy atom. The van der Waals surface area contributed by atoms with Crippen LogP contribution in [0.4, 0.5) is 0 Å². The van der Waals surface area contributed by atoms with E-state index in [0.29, 0.717) is 37.4 Å². The average Bonchev–Trinajstić information content (AvgIpc) is 3.15. The van der Waals surface area contributed by atoms with Crippen LogP contribution < -0.4 is 0 Å². The van der Waals surface area contributed by atoms with E-state index in [4.69, 9.17) is 0 Å². The number of rotatable bonds is 3. The van der Waals surface area contributed by atoms with Gasteiger partial charge in [-0.25, -0.2) is 4.98 Å². The van der Waals surface area contributed by atoms with E-state index in [1.165, 1.54) is 19.3 Å². The van der Waals surface area contributed by atoms with E-state index in [0.717, 1.165) is 35.4 Å². The first-order valence-electron chi connectivity index (χ1n) is 11.6. The third-order valence-electron chi connectivity index (χ3n) is 7.37. The molecule has 1 aliphatic heterocycles. The van der Waals surface area contributed by atoms with Gasteiger partial charge < -0.3 is 10.0 Å². The number of benzene rings is 1. The molecule has 2 aliphatic rings. The largest absolute Gasteiger partial charge is 0.389 e. The number of likely N-dealkylation sites (tertiary alicyclic amines) is 1. The Bertz CT molecular complexity index is 1070. The lowest BCUT2D eigenvalue weighted by Gasteiger charge is -2.44. The van der Waals surface area contributed by atoms with Gasteiger partial charge in [0, 0.05) is 24.8 Å². The van der Waals surface area contributed by atoms with Gasteiger partial charge in [-0.2, -0.15) is 0 Å². The van der Waals surface area contributed by atoms with Gasteiger partial charge in [-0.05, 0) is 50.7 Å². The second-order valence-electron chi connectivity index (χ2n) is 9.29. The van der Waals surface area contributed by atoms with Gasteiger partial charge >= 0.3 is 0 Å². The number of hydrogen-bond acceptors (Lipinski definition) is 3. The fraction of sp³-hybridized carbons (Fsp3) is 0.462. The number of carbonyl (C=O) groups is 1. The number of nitrogens with zero attached hydrogens (tertiary/aromatic N) is 3. The van der Waals surface area contributed by atoms with Crippen LogP contribution in [0.2, 0.25) is 0 Å². The molecule has 1 amide bonds. The molecular weight excluding hydrogens is 386 g/mol. The molecule has 0 radical (unpaired) electrons. The zero-order valence-corrected chi connectivity index (χ0v) is 18.3. The van der Waals surface area contributed by atoms with Crippen LogP contribution in [0.25, 0.3) is 16.9 Å². The highest BCUT2D eigenvalue weighted by molar-refractivity contribution is 5.94. The molecule has 1 N–H and O–H groups in total. The smallest absolute Gasteiger partial charge is 0.255 e. The predicted molar refractivity (Wildman–Crippen MR) is 122 cm³/mol. The highest BCUT2D eigenvalue weighted by atomic mass is 16.3. The Morgan fingerprint density at radius 1 is 1.03 bits per heavy atom. The first-order valence-corrected chi connectivity index (χ1v) is 11.6. The molecule has 162 valence electrons. The molecule has 0 bridgehead atoms. The lowest BCUT2D eigenvalue weighted by molar-refractivity contribution is -0.0723. The van der Waals surface area contributed by atoms with Crippen LogP contribution in [-0.2, 0) is 0 Å². The number of hydrogen-bond donors (Lipinski definition) is 1. The number of aliphatic hydroxyl groups is 1. The van der Waals surface area contributed by atoms with Crippen molar-refractivity contribution in [1.29, 1.82) is 0 Å². The lowest BCUT2D eigenvalue weighted by atomic mass is 9.72. The van der Waals surface area contributed by atoms with E-state index in [2.05, 4.69) is 17.1 Å². The Morgan fingerprint density at radius 2 is 1.74 bits per heavy atom. The Kier molecular flexibility index (Phi) is 5.30. The number of carbonyl (C=O) groups excluding carboxylic acids is 1. The van der Waals surface area contributed by atoms with Gasteiger partial charge in [0.25, 0.3) is 5.91 Å². The molecule has 1 saturated heterocycles. The van der Waals surface area contributed by atoms with Crippen LogP contribution in [-0.4, -0.2) is 44.0 Å². The summed E-state index contributed by atoms with van der Waals surface area (Å²) in [6.45, 7) is 3.25. The minimum atomic E-state index is -0.594. The second kappa shape index (κ2) is 8.12. The summed E-state index contributed by atoms with van der Waals surface area (Å²) in [5.74, 6) is 0.440. The molecule has 1 aliphatic carbocycles. The Balaban J connectivity index is 1.37. The van der Waals surface area contributed by atoms with Crippen molar-refractivity contribution in [2.75, 3.05) is 13.1 Å². The molecule has 0 atom stereocenters. The number of piperidine rings is 1. The fourth-order valence-corrected chi connectivity index (χ4v) is 5.56.